The molecule has 4 rings (SSSR count). The standard InChI is InChI=1S/C17H20N4O2.ClH/c18-17(9-4-10-17)16-19-14(23-20-16)11-21-13-7-2-1-5-12(13)6-3-8-15(21)22;/h1-2,5,7H,3-4,6,8-11,18H2;1H. The van der Waals surface area contributed by atoms with Gasteiger partial charge in [-0.25, -0.2) is 0 Å². The van der Waals surface area contributed by atoms with E-state index in [1.165, 1.54) is 5.56 Å². The van der Waals surface area contributed by atoms with Crippen molar-refractivity contribution in [2.75, 3.05) is 4.90 Å². The van der Waals surface area contributed by atoms with E-state index in [-0.39, 0.29) is 18.3 Å². The van der Waals surface area contributed by atoms with Crippen molar-refractivity contribution in [3.8, 4) is 0 Å². The molecule has 0 radical (unpaired) electrons. The topological polar surface area (TPSA) is 85.2 Å². The molecule has 0 spiro atoms. The van der Waals surface area contributed by atoms with Crippen LogP contribution in [0.5, 0.6) is 0 Å². The predicted octanol–water partition coefficient (Wildman–Crippen LogP) is 2.70. The molecule has 7 heteroatoms. The summed E-state index contributed by atoms with van der Waals surface area (Å²) in [6, 6.07) is 8.01. The van der Waals surface area contributed by atoms with E-state index < -0.39 is 5.54 Å². The van der Waals surface area contributed by atoms with Crippen LogP contribution in [-0.2, 0) is 23.3 Å². The molecule has 1 fully saturated rings. The number of benzene rings is 1. The molecule has 1 aromatic heterocycles. The van der Waals surface area contributed by atoms with Gasteiger partial charge in [0, 0.05) is 12.1 Å². The third kappa shape index (κ3) is 2.91. The number of rotatable bonds is 3. The number of halogens is 1. The monoisotopic (exact) mass is 348 g/mol. The van der Waals surface area contributed by atoms with Crippen LogP contribution < -0.4 is 10.6 Å². The van der Waals surface area contributed by atoms with Crippen LogP contribution in [0.1, 0.15) is 49.4 Å². The van der Waals surface area contributed by atoms with E-state index in [1.54, 1.807) is 4.90 Å². The first-order valence-corrected chi connectivity index (χ1v) is 8.16. The first kappa shape index (κ1) is 16.9. The number of aromatic nitrogens is 2. The van der Waals surface area contributed by atoms with Crippen molar-refractivity contribution < 1.29 is 9.32 Å². The molecule has 2 heterocycles. The number of anilines is 1. The maximum absolute atomic E-state index is 12.5. The van der Waals surface area contributed by atoms with Crippen LogP contribution in [-0.4, -0.2) is 16.0 Å². The Labute approximate surface area is 146 Å². The van der Waals surface area contributed by atoms with Gasteiger partial charge in [0.05, 0.1) is 5.54 Å². The van der Waals surface area contributed by atoms with E-state index >= 15 is 0 Å². The molecule has 0 atom stereocenters. The predicted molar refractivity (Wildman–Crippen MR) is 91.8 cm³/mol. The van der Waals surface area contributed by atoms with Gasteiger partial charge in [0.1, 0.15) is 6.54 Å². The van der Waals surface area contributed by atoms with Gasteiger partial charge < -0.3 is 15.2 Å². The van der Waals surface area contributed by atoms with E-state index in [0.29, 0.717) is 24.7 Å². The third-order valence-electron chi connectivity index (χ3n) is 4.87. The fourth-order valence-electron chi connectivity index (χ4n) is 3.30. The number of carbonyl (C=O) groups is 1. The highest BCUT2D eigenvalue weighted by atomic mass is 35.5. The van der Waals surface area contributed by atoms with E-state index in [9.17, 15) is 4.79 Å². The lowest BCUT2D eigenvalue weighted by molar-refractivity contribution is -0.118. The molecule has 1 aromatic carbocycles. The Bertz CT molecular complexity index is 742. The maximum Gasteiger partial charge on any atom is 0.246 e. The molecule has 0 unspecified atom stereocenters. The number of nitrogens with zero attached hydrogens (tertiary/aromatic N) is 3. The number of amides is 1. The van der Waals surface area contributed by atoms with Crippen molar-refractivity contribution in [3.05, 3.63) is 41.5 Å². The summed E-state index contributed by atoms with van der Waals surface area (Å²) in [4.78, 5) is 18.7. The van der Waals surface area contributed by atoms with Gasteiger partial charge in [-0.2, -0.15) is 4.98 Å². The van der Waals surface area contributed by atoms with Gasteiger partial charge in [0.15, 0.2) is 5.82 Å². The zero-order valence-corrected chi connectivity index (χ0v) is 14.2. The van der Waals surface area contributed by atoms with Gasteiger partial charge in [0.25, 0.3) is 0 Å². The highest BCUT2D eigenvalue weighted by molar-refractivity contribution is 5.94. The highest BCUT2D eigenvalue weighted by Gasteiger charge is 2.39. The smallest absolute Gasteiger partial charge is 0.246 e. The van der Waals surface area contributed by atoms with Crippen LogP contribution in [0.15, 0.2) is 28.8 Å². The summed E-state index contributed by atoms with van der Waals surface area (Å²) in [7, 11) is 0. The summed E-state index contributed by atoms with van der Waals surface area (Å²) in [6.45, 7) is 0.304. The Morgan fingerprint density at radius 1 is 1.21 bits per heavy atom. The summed E-state index contributed by atoms with van der Waals surface area (Å²) >= 11 is 0. The van der Waals surface area contributed by atoms with Crippen LogP contribution in [0.4, 0.5) is 5.69 Å². The molecule has 1 aliphatic heterocycles. The molecule has 2 N–H and O–H groups in total. The molecule has 1 amide bonds. The Kier molecular flexibility index (Phi) is 4.60. The number of hydrogen-bond acceptors (Lipinski definition) is 5. The molecular formula is C17H21ClN4O2. The molecule has 24 heavy (non-hydrogen) atoms. The lowest BCUT2D eigenvalue weighted by atomic mass is 9.77. The molecular weight excluding hydrogens is 328 g/mol. The summed E-state index contributed by atoms with van der Waals surface area (Å²) in [5.74, 6) is 1.11. The minimum Gasteiger partial charge on any atom is -0.337 e. The normalized spacial score (nSPS) is 19.0. The number of aryl methyl sites for hydroxylation is 1. The van der Waals surface area contributed by atoms with Crippen LogP contribution in [0.3, 0.4) is 0 Å². The fraction of sp³-hybridized carbons (Fsp3) is 0.471. The lowest BCUT2D eigenvalue weighted by Crippen LogP contribution is -2.44. The minimum atomic E-state index is -0.442. The van der Waals surface area contributed by atoms with Gasteiger partial charge in [-0.1, -0.05) is 23.4 Å². The lowest BCUT2D eigenvalue weighted by Gasteiger charge is -2.34. The van der Waals surface area contributed by atoms with E-state index in [4.69, 9.17) is 10.3 Å². The van der Waals surface area contributed by atoms with Crippen molar-refractivity contribution >= 4 is 24.0 Å². The number of nitrogens with two attached hydrogens (primary N) is 1. The zero-order valence-electron chi connectivity index (χ0n) is 13.4. The minimum absolute atomic E-state index is 0. The molecule has 2 aromatic rings. The Hall–Kier alpha value is -1.92. The molecule has 1 aliphatic carbocycles. The second-order valence-electron chi connectivity index (χ2n) is 6.48. The van der Waals surface area contributed by atoms with Crippen molar-refractivity contribution in [3.63, 3.8) is 0 Å². The summed E-state index contributed by atoms with van der Waals surface area (Å²) < 4.78 is 5.36. The quantitative estimate of drug-likeness (QED) is 0.921. The van der Waals surface area contributed by atoms with E-state index in [2.05, 4.69) is 16.2 Å². The van der Waals surface area contributed by atoms with Crippen molar-refractivity contribution in [2.45, 2.75) is 50.6 Å². The van der Waals surface area contributed by atoms with Crippen LogP contribution >= 0.6 is 12.4 Å². The summed E-state index contributed by atoms with van der Waals surface area (Å²) in [5, 5.41) is 4.03. The molecule has 1 saturated carbocycles. The number of para-hydroxylation sites is 1. The molecule has 6 nitrogen and oxygen atoms in total. The third-order valence-corrected chi connectivity index (χ3v) is 4.87. The largest absolute Gasteiger partial charge is 0.337 e. The van der Waals surface area contributed by atoms with E-state index in [0.717, 1.165) is 37.8 Å². The summed E-state index contributed by atoms with van der Waals surface area (Å²) in [5.41, 5.74) is 7.92. The number of fused-ring (bicyclic) bond motifs is 1. The Balaban J connectivity index is 0.00000169. The fourth-order valence-corrected chi connectivity index (χ4v) is 3.30. The van der Waals surface area contributed by atoms with Crippen molar-refractivity contribution in [2.24, 2.45) is 5.73 Å². The molecule has 2 aliphatic rings. The Morgan fingerprint density at radius 2 is 2.00 bits per heavy atom. The van der Waals surface area contributed by atoms with E-state index in [1.807, 2.05) is 18.2 Å². The molecule has 0 saturated heterocycles. The van der Waals surface area contributed by atoms with Gasteiger partial charge in [0.2, 0.25) is 11.8 Å². The summed E-state index contributed by atoms with van der Waals surface area (Å²) in [6.07, 6.45) is 5.19. The van der Waals surface area contributed by atoms with Gasteiger partial charge >= 0.3 is 0 Å². The first-order valence-electron chi connectivity index (χ1n) is 8.16. The first-order chi connectivity index (χ1) is 11.2. The second-order valence-corrected chi connectivity index (χ2v) is 6.48. The van der Waals surface area contributed by atoms with Crippen molar-refractivity contribution in [1.29, 1.82) is 0 Å². The number of hydrogen-bond donors (Lipinski definition) is 1. The van der Waals surface area contributed by atoms with Crippen LogP contribution in [0, 0.1) is 0 Å². The maximum atomic E-state index is 12.5. The van der Waals surface area contributed by atoms with Gasteiger partial charge in [-0.3, -0.25) is 4.79 Å². The van der Waals surface area contributed by atoms with Crippen LogP contribution in [0.2, 0.25) is 0 Å². The SMILES string of the molecule is Cl.NC1(c2noc(CN3C(=O)CCCc4ccccc43)n2)CCC1. The average molecular weight is 349 g/mol. The average Bonchev–Trinajstić information content (AvgIpc) is 2.93. The van der Waals surface area contributed by atoms with Crippen molar-refractivity contribution in [1.82, 2.24) is 10.1 Å². The van der Waals surface area contributed by atoms with Crippen LogP contribution in [0.25, 0.3) is 0 Å². The highest BCUT2D eigenvalue weighted by Crippen LogP contribution is 2.37. The van der Waals surface area contributed by atoms with Gasteiger partial charge in [-0.15, -0.1) is 12.4 Å². The second kappa shape index (κ2) is 6.53. The Morgan fingerprint density at radius 3 is 2.75 bits per heavy atom. The zero-order chi connectivity index (χ0) is 15.9. The molecule has 128 valence electrons. The number of carbonyl (C=O) groups excluding carboxylic acids is 1. The molecule has 0 bridgehead atoms. The van der Waals surface area contributed by atoms with Gasteiger partial charge in [-0.05, 0) is 43.7 Å².